The Morgan fingerprint density at radius 2 is 2.06 bits per heavy atom. The SMILES string of the molecule is C=CCOC(=O)N1CCC(O)(C(C)=O)CC1. The molecule has 1 aliphatic heterocycles. The standard InChI is InChI=1S/C11H17NO4/c1-3-8-16-10(14)12-6-4-11(15,5-7-12)9(2)13/h3,15H,1,4-8H2,2H3. The van der Waals surface area contributed by atoms with Crippen molar-refractivity contribution in [3.05, 3.63) is 12.7 Å². The number of likely N-dealkylation sites (tertiary alicyclic amines) is 1. The van der Waals surface area contributed by atoms with Crippen LogP contribution >= 0.6 is 0 Å². The summed E-state index contributed by atoms with van der Waals surface area (Å²) < 4.78 is 4.86. The van der Waals surface area contributed by atoms with E-state index in [1.807, 2.05) is 0 Å². The number of hydrogen-bond donors (Lipinski definition) is 1. The molecule has 90 valence electrons. The molecule has 0 unspecified atom stereocenters. The first-order valence-corrected chi connectivity index (χ1v) is 5.25. The molecular weight excluding hydrogens is 210 g/mol. The zero-order valence-corrected chi connectivity index (χ0v) is 9.44. The van der Waals surface area contributed by atoms with Gasteiger partial charge in [0, 0.05) is 25.9 Å². The minimum atomic E-state index is -1.27. The molecule has 1 saturated heterocycles. The normalized spacial score (nSPS) is 19.0. The van der Waals surface area contributed by atoms with Crippen LogP contribution in [0.4, 0.5) is 4.79 Å². The second kappa shape index (κ2) is 5.12. The summed E-state index contributed by atoms with van der Waals surface area (Å²) >= 11 is 0. The Hall–Kier alpha value is -1.36. The van der Waals surface area contributed by atoms with E-state index in [4.69, 9.17) is 4.74 Å². The van der Waals surface area contributed by atoms with Crippen LogP contribution in [0.2, 0.25) is 0 Å². The molecular formula is C11H17NO4. The smallest absolute Gasteiger partial charge is 0.410 e. The molecule has 0 saturated carbocycles. The molecule has 0 spiro atoms. The van der Waals surface area contributed by atoms with Crippen molar-refractivity contribution in [3.8, 4) is 0 Å². The second-order valence-electron chi connectivity index (χ2n) is 3.94. The van der Waals surface area contributed by atoms with E-state index in [2.05, 4.69) is 6.58 Å². The lowest BCUT2D eigenvalue weighted by atomic mass is 9.88. The van der Waals surface area contributed by atoms with Gasteiger partial charge in [-0.2, -0.15) is 0 Å². The largest absolute Gasteiger partial charge is 0.445 e. The number of rotatable bonds is 3. The Balaban J connectivity index is 2.45. The Morgan fingerprint density at radius 3 is 2.50 bits per heavy atom. The van der Waals surface area contributed by atoms with Gasteiger partial charge >= 0.3 is 6.09 Å². The lowest BCUT2D eigenvalue weighted by Gasteiger charge is -2.35. The molecule has 0 radical (unpaired) electrons. The fourth-order valence-electron chi connectivity index (χ4n) is 1.63. The molecule has 5 heteroatoms. The molecule has 1 rings (SSSR count). The van der Waals surface area contributed by atoms with Crippen LogP contribution in [0.25, 0.3) is 0 Å². The quantitative estimate of drug-likeness (QED) is 0.721. The van der Waals surface area contributed by atoms with Gasteiger partial charge in [0.25, 0.3) is 0 Å². The summed E-state index contributed by atoms with van der Waals surface area (Å²) in [5.74, 6) is -0.244. The fourth-order valence-corrected chi connectivity index (χ4v) is 1.63. The number of nitrogens with zero attached hydrogens (tertiary/aromatic N) is 1. The lowest BCUT2D eigenvalue weighted by molar-refractivity contribution is -0.139. The Labute approximate surface area is 94.7 Å². The molecule has 1 amide bonds. The maximum Gasteiger partial charge on any atom is 0.410 e. The van der Waals surface area contributed by atoms with Gasteiger partial charge in [-0.1, -0.05) is 12.7 Å². The zero-order chi connectivity index (χ0) is 12.2. The molecule has 5 nitrogen and oxygen atoms in total. The van der Waals surface area contributed by atoms with Crippen molar-refractivity contribution >= 4 is 11.9 Å². The first-order chi connectivity index (χ1) is 7.49. The number of aliphatic hydroxyl groups is 1. The molecule has 1 aliphatic rings. The number of ether oxygens (including phenoxy) is 1. The zero-order valence-electron chi connectivity index (χ0n) is 9.44. The van der Waals surface area contributed by atoms with Crippen LogP contribution in [0.1, 0.15) is 19.8 Å². The maximum atomic E-state index is 11.4. The van der Waals surface area contributed by atoms with Crippen LogP contribution in [0.15, 0.2) is 12.7 Å². The van der Waals surface area contributed by atoms with Crippen LogP contribution in [0, 0.1) is 0 Å². The van der Waals surface area contributed by atoms with E-state index in [1.165, 1.54) is 17.9 Å². The second-order valence-corrected chi connectivity index (χ2v) is 3.94. The summed E-state index contributed by atoms with van der Waals surface area (Å²) in [6, 6.07) is 0. The monoisotopic (exact) mass is 227 g/mol. The third-order valence-corrected chi connectivity index (χ3v) is 2.83. The van der Waals surface area contributed by atoms with Crippen molar-refractivity contribution in [1.82, 2.24) is 4.90 Å². The fraction of sp³-hybridized carbons (Fsp3) is 0.636. The third kappa shape index (κ3) is 2.82. The third-order valence-electron chi connectivity index (χ3n) is 2.83. The molecule has 1 heterocycles. The number of hydrogen-bond acceptors (Lipinski definition) is 4. The maximum absolute atomic E-state index is 11.4. The summed E-state index contributed by atoms with van der Waals surface area (Å²) in [6.45, 7) is 5.66. The average Bonchev–Trinajstić information content (AvgIpc) is 2.26. The first-order valence-electron chi connectivity index (χ1n) is 5.25. The number of carbonyl (C=O) groups is 2. The van der Waals surface area contributed by atoms with Gasteiger partial charge in [0.1, 0.15) is 12.2 Å². The van der Waals surface area contributed by atoms with Gasteiger partial charge in [-0.05, 0) is 6.92 Å². The van der Waals surface area contributed by atoms with Crippen molar-refractivity contribution in [2.24, 2.45) is 0 Å². The van der Waals surface area contributed by atoms with Crippen molar-refractivity contribution in [2.75, 3.05) is 19.7 Å². The van der Waals surface area contributed by atoms with Gasteiger partial charge in [0.15, 0.2) is 5.78 Å². The van der Waals surface area contributed by atoms with Crippen LogP contribution in [-0.4, -0.2) is 47.2 Å². The molecule has 0 atom stereocenters. The van der Waals surface area contributed by atoms with Gasteiger partial charge in [-0.25, -0.2) is 4.79 Å². The molecule has 0 aromatic carbocycles. The van der Waals surface area contributed by atoms with Gasteiger partial charge in [-0.15, -0.1) is 0 Å². The summed E-state index contributed by atoms with van der Waals surface area (Å²) in [5, 5.41) is 9.88. The highest BCUT2D eigenvalue weighted by Crippen LogP contribution is 2.23. The number of carbonyl (C=O) groups excluding carboxylic acids is 2. The van der Waals surface area contributed by atoms with Crippen molar-refractivity contribution in [3.63, 3.8) is 0 Å². The highest BCUT2D eigenvalue weighted by molar-refractivity contribution is 5.85. The van der Waals surface area contributed by atoms with Gasteiger partial charge < -0.3 is 14.7 Å². The topological polar surface area (TPSA) is 66.8 Å². The summed E-state index contributed by atoms with van der Waals surface area (Å²) in [7, 11) is 0. The Bertz CT molecular complexity index is 292. The van der Waals surface area contributed by atoms with E-state index in [0.717, 1.165) is 0 Å². The van der Waals surface area contributed by atoms with E-state index >= 15 is 0 Å². The van der Waals surface area contributed by atoms with Crippen molar-refractivity contribution in [1.29, 1.82) is 0 Å². The molecule has 0 aliphatic carbocycles. The van der Waals surface area contributed by atoms with E-state index in [1.54, 1.807) is 0 Å². The number of ketones is 1. The molecule has 0 bridgehead atoms. The minimum Gasteiger partial charge on any atom is -0.445 e. The molecule has 0 aromatic heterocycles. The van der Waals surface area contributed by atoms with Gasteiger partial charge in [0.05, 0.1) is 0 Å². The van der Waals surface area contributed by atoms with E-state index in [0.29, 0.717) is 13.1 Å². The van der Waals surface area contributed by atoms with Crippen LogP contribution in [-0.2, 0) is 9.53 Å². The molecule has 16 heavy (non-hydrogen) atoms. The van der Waals surface area contributed by atoms with Crippen LogP contribution in [0.5, 0.6) is 0 Å². The summed E-state index contributed by atoms with van der Waals surface area (Å²) in [6.07, 6.45) is 1.61. The molecule has 1 fully saturated rings. The number of amides is 1. The highest BCUT2D eigenvalue weighted by Gasteiger charge is 2.38. The average molecular weight is 227 g/mol. The van der Waals surface area contributed by atoms with E-state index < -0.39 is 11.7 Å². The molecule has 1 N–H and O–H groups in total. The van der Waals surface area contributed by atoms with Crippen molar-refractivity contribution < 1.29 is 19.4 Å². The molecule has 0 aromatic rings. The number of piperidine rings is 1. The minimum absolute atomic E-state index is 0.173. The Morgan fingerprint density at radius 1 is 1.50 bits per heavy atom. The van der Waals surface area contributed by atoms with Crippen LogP contribution < -0.4 is 0 Å². The van der Waals surface area contributed by atoms with E-state index in [9.17, 15) is 14.7 Å². The highest BCUT2D eigenvalue weighted by atomic mass is 16.6. The predicted octanol–water partition coefficient (Wildman–Crippen LogP) is 0.725. The number of Topliss-reactive ketones (excluding diaryl/α,β-unsaturated/α-hetero) is 1. The first kappa shape index (κ1) is 12.7. The predicted molar refractivity (Wildman–Crippen MR) is 58.0 cm³/mol. The van der Waals surface area contributed by atoms with Gasteiger partial charge in [0.2, 0.25) is 0 Å². The lowest BCUT2D eigenvalue weighted by Crippen LogP contribution is -2.50. The van der Waals surface area contributed by atoms with Gasteiger partial charge in [-0.3, -0.25) is 4.79 Å². The Kier molecular flexibility index (Phi) is 4.06. The summed E-state index contributed by atoms with van der Waals surface area (Å²) in [5.41, 5.74) is -1.27. The van der Waals surface area contributed by atoms with Crippen LogP contribution in [0.3, 0.4) is 0 Å². The van der Waals surface area contributed by atoms with E-state index in [-0.39, 0.29) is 25.2 Å². The van der Waals surface area contributed by atoms with Crippen molar-refractivity contribution in [2.45, 2.75) is 25.4 Å². The summed E-state index contributed by atoms with van der Waals surface area (Å²) in [4.78, 5) is 24.1.